The number of hydrogen-bond acceptors (Lipinski definition) is 4. The first-order valence-corrected chi connectivity index (χ1v) is 6.70. The summed E-state index contributed by atoms with van der Waals surface area (Å²) in [4.78, 5) is 7.18. The Kier molecular flexibility index (Phi) is 2.73. The van der Waals surface area contributed by atoms with E-state index < -0.39 is 0 Å². The number of aryl methyl sites for hydroxylation is 2. The van der Waals surface area contributed by atoms with E-state index in [1.54, 1.807) is 16.5 Å². The van der Waals surface area contributed by atoms with Gasteiger partial charge in [-0.05, 0) is 43.0 Å². The molecule has 0 saturated carbocycles. The fraction of sp³-hybridized carbons (Fsp3) is 0.308. The number of pyridine rings is 1. The Hall–Kier alpha value is -1.55. The second kappa shape index (κ2) is 4.37. The van der Waals surface area contributed by atoms with E-state index in [-0.39, 0.29) is 0 Å². The van der Waals surface area contributed by atoms with E-state index in [2.05, 4.69) is 16.4 Å². The Morgan fingerprint density at radius 2 is 2.29 bits per heavy atom. The summed E-state index contributed by atoms with van der Waals surface area (Å²) in [6.45, 7) is 0.841. The maximum Gasteiger partial charge on any atom is 0.128 e. The van der Waals surface area contributed by atoms with E-state index in [1.807, 2.05) is 23.5 Å². The lowest BCUT2D eigenvalue weighted by molar-refractivity contribution is 0.913. The van der Waals surface area contributed by atoms with Gasteiger partial charge in [-0.25, -0.2) is 4.98 Å². The fourth-order valence-corrected chi connectivity index (χ4v) is 3.41. The molecule has 88 valence electrons. The fourth-order valence-electron chi connectivity index (χ4n) is 2.21. The quantitative estimate of drug-likeness (QED) is 0.874. The van der Waals surface area contributed by atoms with Crippen molar-refractivity contribution in [2.75, 3.05) is 11.1 Å². The standard InChI is InChI=1S/C13H15N3S/c14-12-5-2-6-13(16-12)15-8-10-7-9-3-1-4-11(9)17-10/h2,5-7H,1,3-4,8H2,(H3,14,15,16). The van der Waals surface area contributed by atoms with E-state index in [1.165, 1.54) is 24.1 Å². The maximum absolute atomic E-state index is 5.64. The van der Waals surface area contributed by atoms with Gasteiger partial charge >= 0.3 is 0 Å². The number of hydrogen-bond donors (Lipinski definition) is 2. The van der Waals surface area contributed by atoms with Crippen molar-refractivity contribution >= 4 is 23.0 Å². The monoisotopic (exact) mass is 245 g/mol. The summed E-state index contributed by atoms with van der Waals surface area (Å²) in [5.74, 6) is 1.40. The lowest BCUT2D eigenvalue weighted by atomic mass is 10.2. The van der Waals surface area contributed by atoms with E-state index in [9.17, 15) is 0 Å². The zero-order valence-electron chi connectivity index (χ0n) is 9.57. The van der Waals surface area contributed by atoms with Crippen molar-refractivity contribution in [2.45, 2.75) is 25.8 Å². The highest BCUT2D eigenvalue weighted by atomic mass is 32.1. The van der Waals surface area contributed by atoms with Crippen LogP contribution in [-0.2, 0) is 19.4 Å². The normalized spacial score (nSPS) is 13.6. The van der Waals surface area contributed by atoms with Crippen LogP contribution in [-0.4, -0.2) is 4.98 Å². The molecule has 3 N–H and O–H groups in total. The molecule has 2 heterocycles. The van der Waals surface area contributed by atoms with E-state index in [0.717, 1.165) is 12.4 Å². The summed E-state index contributed by atoms with van der Waals surface area (Å²) in [5.41, 5.74) is 7.19. The molecule has 0 saturated heterocycles. The van der Waals surface area contributed by atoms with Crippen LogP contribution in [0.25, 0.3) is 0 Å². The highest BCUT2D eigenvalue weighted by molar-refractivity contribution is 7.12. The van der Waals surface area contributed by atoms with E-state index in [0.29, 0.717) is 5.82 Å². The van der Waals surface area contributed by atoms with Crippen LogP contribution in [0, 0.1) is 0 Å². The summed E-state index contributed by atoms with van der Waals surface area (Å²) in [6, 6.07) is 7.98. The van der Waals surface area contributed by atoms with Gasteiger partial charge < -0.3 is 11.1 Å². The molecule has 3 nitrogen and oxygen atoms in total. The van der Waals surface area contributed by atoms with E-state index >= 15 is 0 Å². The van der Waals surface area contributed by atoms with Crippen LogP contribution in [0.15, 0.2) is 24.3 Å². The van der Waals surface area contributed by atoms with Crippen LogP contribution in [0.5, 0.6) is 0 Å². The van der Waals surface area contributed by atoms with Crippen LogP contribution in [0.3, 0.4) is 0 Å². The molecule has 4 heteroatoms. The average Bonchev–Trinajstić information content (AvgIpc) is 2.86. The molecule has 1 aliphatic rings. The minimum Gasteiger partial charge on any atom is -0.384 e. The first-order valence-electron chi connectivity index (χ1n) is 5.88. The van der Waals surface area contributed by atoms with Crippen LogP contribution in [0.1, 0.15) is 21.7 Å². The average molecular weight is 245 g/mol. The molecule has 0 atom stereocenters. The molecule has 0 unspecified atom stereocenters. The van der Waals surface area contributed by atoms with Gasteiger partial charge in [0.15, 0.2) is 0 Å². The van der Waals surface area contributed by atoms with Gasteiger partial charge in [-0.2, -0.15) is 0 Å². The number of aromatic nitrogens is 1. The number of nitrogen functional groups attached to an aromatic ring is 1. The number of thiophene rings is 1. The van der Waals surface area contributed by atoms with Crippen molar-refractivity contribution in [3.63, 3.8) is 0 Å². The molecular weight excluding hydrogens is 230 g/mol. The predicted octanol–water partition coefficient (Wildman–Crippen LogP) is 2.83. The minimum atomic E-state index is 0.559. The van der Waals surface area contributed by atoms with Crippen molar-refractivity contribution in [1.29, 1.82) is 0 Å². The van der Waals surface area contributed by atoms with Crippen LogP contribution < -0.4 is 11.1 Å². The molecule has 0 spiro atoms. The first kappa shape index (κ1) is 10.6. The predicted molar refractivity (Wildman–Crippen MR) is 72.3 cm³/mol. The smallest absolute Gasteiger partial charge is 0.128 e. The van der Waals surface area contributed by atoms with Gasteiger partial charge in [0.2, 0.25) is 0 Å². The summed E-state index contributed by atoms with van der Waals surface area (Å²) < 4.78 is 0. The topological polar surface area (TPSA) is 50.9 Å². The molecule has 0 amide bonds. The maximum atomic E-state index is 5.64. The number of rotatable bonds is 3. The van der Waals surface area contributed by atoms with Gasteiger partial charge in [0, 0.05) is 9.75 Å². The Morgan fingerprint density at radius 3 is 3.12 bits per heavy atom. The first-order chi connectivity index (χ1) is 8.31. The highest BCUT2D eigenvalue weighted by Gasteiger charge is 2.14. The van der Waals surface area contributed by atoms with Crippen molar-refractivity contribution in [3.05, 3.63) is 39.6 Å². The molecule has 17 heavy (non-hydrogen) atoms. The third-order valence-electron chi connectivity index (χ3n) is 3.01. The largest absolute Gasteiger partial charge is 0.384 e. The van der Waals surface area contributed by atoms with Crippen molar-refractivity contribution < 1.29 is 0 Å². The van der Waals surface area contributed by atoms with Crippen LogP contribution in [0.2, 0.25) is 0 Å². The number of nitrogens with zero attached hydrogens (tertiary/aromatic N) is 1. The summed E-state index contributed by atoms with van der Waals surface area (Å²) in [7, 11) is 0. The Morgan fingerprint density at radius 1 is 1.35 bits per heavy atom. The molecule has 3 rings (SSSR count). The lowest BCUT2D eigenvalue weighted by Crippen LogP contribution is -2.01. The van der Waals surface area contributed by atoms with Crippen LogP contribution >= 0.6 is 11.3 Å². The second-order valence-electron chi connectivity index (χ2n) is 4.32. The number of nitrogens with one attached hydrogen (secondary N) is 1. The van der Waals surface area contributed by atoms with Gasteiger partial charge in [-0.15, -0.1) is 11.3 Å². The van der Waals surface area contributed by atoms with Gasteiger partial charge in [0.25, 0.3) is 0 Å². The molecule has 0 fully saturated rings. The van der Waals surface area contributed by atoms with Crippen LogP contribution in [0.4, 0.5) is 11.6 Å². The van der Waals surface area contributed by atoms with Gasteiger partial charge in [-0.3, -0.25) is 0 Å². The van der Waals surface area contributed by atoms with Gasteiger partial charge in [0.1, 0.15) is 11.6 Å². The zero-order chi connectivity index (χ0) is 11.7. The van der Waals surface area contributed by atoms with E-state index in [4.69, 9.17) is 5.73 Å². The number of nitrogens with two attached hydrogens (primary N) is 1. The molecule has 0 aliphatic heterocycles. The molecule has 0 aromatic carbocycles. The summed E-state index contributed by atoms with van der Waals surface area (Å²) in [5, 5.41) is 3.31. The van der Waals surface area contributed by atoms with Gasteiger partial charge in [-0.1, -0.05) is 6.07 Å². The molecule has 0 bridgehead atoms. The SMILES string of the molecule is Nc1cccc(NCc2cc3c(s2)CCC3)n1. The van der Waals surface area contributed by atoms with Crippen molar-refractivity contribution in [1.82, 2.24) is 4.98 Å². The zero-order valence-corrected chi connectivity index (χ0v) is 10.4. The number of anilines is 2. The molecule has 1 aliphatic carbocycles. The van der Waals surface area contributed by atoms with Gasteiger partial charge in [0.05, 0.1) is 6.54 Å². The molecule has 0 radical (unpaired) electrons. The third-order valence-corrected chi connectivity index (χ3v) is 4.25. The summed E-state index contributed by atoms with van der Waals surface area (Å²) in [6.07, 6.45) is 3.84. The molecular formula is C13H15N3S. The molecule has 2 aromatic rings. The van der Waals surface area contributed by atoms with Crippen molar-refractivity contribution in [3.8, 4) is 0 Å². The number of fused-ring (bicyclic) bond motifs is 1. The molecule has 2 aromatic heterocycles. The Bertz CT molecular complexity index is 512. The Balaban J connectivity index is 1.67. The Labute approximate surface area is 105 Å². The summed E-state index contributed by atoms with van der Waals surface area (Å²) >= 11 is 1.92. The highest BCUT2D eigenvalue weighted by Crippen LogP contribution is 2.30. The third kappa shape index (κ3) is 2.26. The minimum absolute atomic E-state index is 0.559. The lowest BCUT2D eigenvalue weighted by Gasteiger charge is -2.04. The van der Waals surface area contributed by atoms with Crippen molar-refractivity contribution in [2.24, 2.45) is 0 Å². The second-order valence-corrected chi connectivity index (χ2v) is 5.54.